The highest BCUT2D eigenvalue weighted by Gasteiger charge is 2.04. The molecule has 3 nitrogen and oxygen atoms in total. The number of hydrogen-bond acceptors (Lipinski definition) is 2. The van der Waals surface area contributed by atoms with E-state index in [1.807, 2.05) is 29.1 Å². The molecule has 0 amide bonds. The summed E-state index contributed by atoms with van der Waals surface area (Å²) in [5.41, 5.74) is 2.08. The maximum Gasteiger partial charge on any atom is 0.0682 e. The van der Waals surface area contributed by atoms with Gasteiger partial charge in [-0.2, -0.15) is 5.10 Å². The summed E-state index contributed by atoms with van der Waals surface area (Å²) in [6.45, 7) is 5.37. The summed E-state index contributed by atoms with van der Waals surface area (Å²) in [6.07, 6.45) is 1.86. The van der Waals surface area contributed by atoms with E-state index >= 15 is 0 Å². The lowest BCUT2D eigenvalue weighted by atomic mass is 10.1. The van der Waals surface area contributed by atoms with Gasteiger partial charge in [0.1, 0.15) is 0 Å². The average Bonchev–Trinajstić information content (AvgIpc) is 2.60. The summed E-state index contributed by atoms with van der Waals surface area (Å²) in [5, 5.41) is 14.5. The van der Waals surface area contributed by atoms with Crippen LogP contribution in [0.5, 0.6) is 0 Å². The molecule has 0 saturated carbocycles. The topological polar surface area (TPSA) is 38.0 Å². The highest BCUT2D eigenvalue weighted by molar-refractivity contribution is 5.79. The van der Waals surface area contributed by atoms with E-state index in [0.29, 0.717) is 5.92 Å². The molecular weight excluding hydrogens is 188 g/mol. The van der Waals surface area contributed by atoms with Gasteiger partial charge in [-0.15, -0.1) is 0 Å². The Hall–Kier alpha value is -1.35. The fourth-order valence-corrected chi connectivity index (χ4v) is 1.73. The Morgan fingerprint density at radius 3 is 2.87 bits per heavy atom. The highest BCUT2D eigenvalue weighted by atomic mass is 16.3. The SMILES string of the molecule is CC(C)Cn1ncc2cc(CO)ccc21. The maximum atomic E-state index is 9.02. The molecule has 80 valence electrons. The van der Waals surface area contributed by atoms with Gasteiger partial charge in [0.05, 0.1) is 18.3 Å². The first-order valence-corrected chi connectivity index (χ1v) is 5.26. The molecule has 1 heterocycles. The second-order valence-electron chi connectivity index (χ2n) is 4.27. The van der Waals surface area contributed by atoms with Crippen LogP contribution in [0.25, 0.3) is 10.9 Å². The minimum atomic E-state index is 0.0886. The Morgan fingerprint density at radius 2 is 2.20 bits per heavy atom. The van der Waals surface area contributed by atoms with Crippen LogP contribution in [0.15, 0.2) is 24.4 Å². The fourth-order valence-electron chi connectivity index (χ4n) is 1.73. The molecule has 0 radical (unpaired) electrons. The Kier molecular flexibility index (Phi) is 2.73. The Morgan fingerprint density at radius 1 is 1.40 bits per heavy atom. The number of benzene rings is 1. The molecule has 1 N–H and O–H groups in total. The number of aromatic nitrogens is 2. The second-order valence-corrected chi connectivity index (χ2v) is 4.27. The van der Waals surface area contributed by atoms with Crippen LogP contribution in [-0.2, 0) is 13.2 Å². The Bertz CT molecular complexity index is 460. The van der Waals surface area contributed by atoms with Gasteiger partial charge in [-0.05, 0) is 23.6 Å². The van der Waals surface area contributed by atoms with E-state index in [2.05, 4.69) is 18.9 Å². The van der Waals surface area contributed by atoms with Crippen molar-refractivity contribution in [3.63, 3.8) is 0 Å². The van der Waals surface area contributed by atoms with Gasteiger partial charge in [-0.3, -0.25) is 4.68 Å². The smallest absolute Gasteiger partial charge is 0.0682 e. The molecule has 0 spiro atoms. The first-order valence-electron chi connectivity index (χ1n) is 5.26. The summed E-state index contributed by atoms with van der Waals surface area (Å²) >= 11 is 0. The molecular formula is C12H16N2O. The molecule has 0 fully saturated rings. The zero-order chi connectivity index (χ0) is 10.8. The number of nitrogens with zero attached hydrogens (tertiary/aromatic N) is 2. The summed E-state index contributed by atoms with van der Waals surface area (Å²) in [4.78, 5) is 0. The average molecular weight is 204 g/mol. The van der Waals surface area contributed by atoms with Crippen LogP contribution >= 0.6 is 0 Å². The third-order valence-electron chi connectivity index (χ3n) is 2.43. The van der Waals surface area contributed by atoms with E-state index in [4.69, 9.17) is 5.11 Å². The fraction of sp³-hybridized carbons (Fsp3) is 0.417. The number of aliphatic hydroxyl groups is 1. The third kappa shape index (κ3) is 2.02. The summed E-state index contributed by atoms with van der Waals surface area (Å²) in [5.74, 6) is 0.589. The van der Waals surface area contributed by atoms with Gasteiger partial charge in [-0.1, -0.05) is 19.9 Å². The van der Waals surface area contributed by atoms with Crippen molar-refractivity contribution < 1.29 is 5.11 Å². The molecule has 1 aromatic carbocycles. The molecule has 0 atom stereocenters. The zero-order valence-corrected chi connectivity index (χ0v) is 9.14. The van der Waals surface area contributed by atoms with Crippen LogP contribution in [0.2, 0.25) is 0 Å². The molecule has 1 aromatic heterocycles. The van der Waals surface area contributed by atoms with Gasteiger partial charge in [0.15, 0.2) is 0 Å². The van der Waals surface area contributed by atoms with Crippen molar-refractivity contribution in [2.75, 3.05) is 0 Å². The van der Waals surface area contributed by atoms with Crippen molar-refractivity contribution in [1.82, 2.24) is 9.78 Å². The van der Waals surface area contributed by atoms with Crippen molar-refractivity contribution in [1.29, 1.82) is 0 Å². The molecule has 0 aliphatic heterocycles. The predicted molar refractivity (Wildman–Crippen MR) is 60.5 cm³/mol. The number of fused-ring (bicyclic) bond motifs is 1. The zero-order valence-electron chi connectivity index (χ0n) is 9.14. The van der Waals surface area contributed by atoms with E-state index in [9.17, 15) is 0 Å². The second kappa shape index (κ2) is 4.03. The van der Waals surface area contributed by atoms with Gasteiger partial charge in [0.2, 0.25) is 0 Å². The summed E-state index contributed by atoms with van der Waals surface area (Å²) in [6, 6.07) is 5.95. The predicted octanol–water partition coefficient (Wildman–Crippen LogP) is 2.18. The first-order chi connectivity index (χ1) is 7.20. The van der Waals surface area contributed by atoms with Crippen molar-refractivity contribution >= 4 is 10.9 Å². The highest BCUT2D eigenvalue weighted by Crippen LogP contribution is 2.16. The van der Waals surface area contributed by atoms with E-state index in [0.717, 1.165) is 23.0 Å². The van der Waals surface area contributed by atoms with Gasteiger partial charge < -0.3 is 5.11 Å². The first kappa shape index (κ1) is 10.2. The quantitative estimate of drug-likeness (QED) is 0.832. The van der Waals surface area contributed by atoms with Crippen LogP contribution < -0.4 is 0 Å². The van der Waals surface area contributed by atoms with Crippen LogP contribution in [-0.4, -0.2) is 14.9 Å². The maximum absolute atomic E-state index is 9.02. The molecule has 2 aromatic rings. The normalized spacial score (nSPS) is 11.5. The molecule has 0 saturated heterocycles. The molecule has 0 aliphatic rings. The molecule has 0 bridgehead atoms. The van der Waals surface area contributed by atoms with Crippen molar-refractivity contribution in [3.05, 3.63) is 30.0 Å². The molecule has 0 aliphatic carbocycles. The lowest BCUT2D eigenvalue weighted by molar-refractivity contribution is 0.282. The van der Waals surface area contributed by atoms with E-state index < -0.39 is 0 Å². The van der Waals surface area contributed by atoms with Crippen molar-refractivity contribution in [2.24, 2.45) is 5.92 Å². The standard InChI is InChI=1S/C12H16N2O/c1-9(2)7-14-12-4-3-10(8-15)5-11(12)6-13-14/h3-6,9,15H,7-8H2,1-2H3. The monoisotopic (exact) mass is 204 g/mol. The van der Waals surface area contributed by atoms with Crippen molar-refractivity contribution in [2.45, 2.75) is 27.0 Å². The van der Waals surface area contributed by atoms with Gasteiger partial charge in [0.25, 0.3) is 0 Å². The lowest BCUT2D eigenvalue weighted by Crippen LogP contribution is -2.05. The number of aliphatic hydroxyl groups excluding tert-OH is 1. The van der Waals surface area contributed by atoms with E-state index in [-0.39, 0.29) is 6.61 Å². The summed E-state index contributed by atoms with van der Waals surface area (Å²) in [7, 11) is 0. The van der Waals surface area contributed by atoms with E-state index in [1.54, 1.807) is 0 Å². The van der Waals surface area contributed by atoms with Crippen LogP contribution in [0.3, 0.4) is 0 Å². The molecule has 0 unspecified atom stereocenters. The van der Waals surface area contributed by atoms with Crippen LogP contribution in [0, 0.1) is 5.92 Å². The van der Waals surface area contributed by atoms with Crippen LogP contribution in [0.4, 0.5) is 0 Å². The van der Waals surface area contributed by atoms with Crippen molar-refractivity contribution in [3.8, 4) is 0 Å². The minimum Gasteiger partial charge on any atom is -0.392 e. The summed E-state index contributed by atoms with van der Waals surface area (Å²) < 4.78 is 2.02. The largest absolute Gasteiger partial charge is 0.392 e. The van der Waals surface area contributed by atoms with Gasteiger partial charge in [0, 0.05) is 11.9 Å². The molecule has 3 heteroatoms. The third-order valence-corrected chi connectivity index (χ3v) is 2.43. The number of hydrogen-bond donors (Lipinski definition) is 1. The Labute approximate surface area is 89.3 Å². The number of rotatable bonds is 3. The lowest BCUT2D eigenvalue weighted by Gasteiger charge is -2.06. The van der Waals surface area contributed by atoms with E-state index in [1.165, 1.54) is 0 Å². The Balaban J connectivity index is 2.43. The molecule has 15 heavy (non-hydrogen) atoms. The van der Waals surface area contributed by atoms with Crippen LogP contribution in [0.1, 0.15) is 19.4 Å². The minimum absolute atomic E-state index is 0.0886. The van der Waals surface area contributed by atoms with Gasteiger partial charge in [-0.25, -0.2) is 0 Å². The molecule has 2 rings (SSSR count). The van der Waals surface area contributed by atoms with Gasteiger partial charge >= 0.3 is 0 Å².